The van der Waals surface area contributed by atoms with Crippen LogP contribution in [-0.2, 0) is 0 Å². The smallest absolute Gasteiger partial charge is 0.0557 e. The lowest BCUT2D eigenvalue weighted by Crippen LogP contribution is -2.23. The van der Waals surface area contributed by atoms with Crippen LogP contribution in [0.25, 0.3) is 0 Å². The Morgan fingerprint density at radius 1 is 1.20 bits per heavy atom. The molecule has 2 unspecified atom stereocenters. The Balaban J connectivity index is 3.34. The van der Waals surface area contributed by atoms with Crippen LogP contribution in [0, 0.1) is 5.92 Å². The minimum atomic E-state index is -0.208. The molecule has 2 nitrogen and oxygen atoms in total. The topological polar surface area (TPSA) is 46.2 Å². The van der Waals surface area contributed by atoms with Gasteiger partial charge in [-0.1, -0.05) is 13.8 Å². The van der Waals surface area contributed by atoms with E-state index in [-0.39, 0.29) is 12.1 Å². The van der Waals surface area contributed by atoms with Crippen LogP contribution >= 0.6 is 0 Å². The van der Waals surface area contributed by atoms with Crippen LogP contribution in [-0.4, -0.2) is 17.3 Å². The van der Waals surface area contributed by atoms with Crippen LogP contribution in [0.3, 0.4) is 0 Å². The molecule has 62 valence electrons. The monoisotopic (exact) mass is 145 g/mol. The number of aliphatic hydroxyl groups is 1. The summed E-state index contributed by atoms with van der Waals surface area (Å²) in [4.78, 5) is 0. The Bertz CT molecular complexity index is 71.3. The second kappa shape index (κ2) is 4.69. The molecule has 0 spiro atoms. The van der Waals surface area contributed by atoms with Crippen LogP contribution < -0.4 is 5.73 Å². The molecule has 0 aromatic carbocycles. The molecule has 0 amide bonds. The minimum Gasteiger partial charge on any atom is -0.393 e. The highest BCUT2D eigenvalue weighted by atomic mass is 16.3. The summed E-state index contributed by atoms with van der Waals surface area (Å²) in [7, 11) is 0. The lowest BCUT2D eigenvalue weighted by Gasteiger charge is -2.14. The molecule has 0 fully saturated rings. The van der Waals surface area contributed by atoms with E-state index in [1.807, 2.05) is 6.92 Å². The van der Waals surface area contributed by atoms with E-state index < -0.39 is 0 Å². The zero-order chi connectivity index (χ0) is 8.15. The molecule has 0 aliphatic carbocycles. The van der Waals surface area contributed by atoms with Crippen molar-refractivity contribution < 1.29 is 5.11 Å². The van der Waals surface area contributed by atoms with E-state index in [0.717, 1.165) is 12.8 Å². The van der Waals surface area contributed by atoms with E-state index in [0.29, 0.717) is 5.92 Å². The highest BCUT2D eigenvalue weighted by Crippen LogP contribution is 2.08. The molecule has 2 atom stereocenters. The quantitative estimate of drug-likeness (QED) is 0.623. The molecule has 0 saturated carbocycles. The Labute approximate surface area is 63.4 Å². The van der Waals surface area contributed by atoms with Crippen molar-refractivity contribution in [1.82, 2.24) is 0 Å². The Kier molecular flexibility index (Phi) is 4.65. The summed E-state index contributed by atoms with van der Waals surface area (Å²) in [5, 5.41) is 9.31. The van der Waals surface area contributed by atoms with Gasteiger partial charge in [0.25, 0.3) is 0 Å². The molecule has 3 N–H and O–H groups in total. The third-order valence-electron chi connectivity index (χ3n) is 1.39. The zero-order valence-electron chi connectivity index (χ0n) is 7.17. The second-order valence-electron chi connectivity index (χ2n) is 3.50. The Morgan fingerprint density at radius 2 is 1.70 bits per heavy atom. The summed E-state index contributed by atoms with van der Waals surface area (Å²) in [5.41, 5.74) is 5.51. The summed E-state index contributed by atoms with van der Waals surface area (Å²) >= 11 is 0. The van der Waals surface area contributed by atoms with Gasteiger partial charge in [0.05, 0.1) is 6.10 Å². The van der Waals surface area contributed by atoms with E-state index in [1.165, 1.54) is 0 Å². The van der Waals surface area contributed by atoms with Gasteiger partial charge in [-0.3, -0.25) is 0 Å². The number of nitrogens with two attached hydrogens (primary N) is 1. The summed E-state index contributed by atoms with van der Waals surface area (Å²) in [6.45, 7) is 6.12. The fourth-order valence-electron chi connectivity index (χ4n) is 1.07. The highest BCUT2D eigenvalue weighted by molar-refractivity contribution is 4.63. The van der Waals surface area contributed by atoms with Crippen LogP contribution in [0.15, 0.2) is 0 Å². The van der Waals surface area contributed by atoms with Crippen molar-refractivity contribution >= 4 is 0 Å². The molecular weight excluding hydrogens is 126 g/mol. The first-order chi connectivity index (χ1) is 4.52. The van der Waals surface area contributed by atoms with Crippen molar-refractivity contribution in [3.8, 4) is 0 Å². The van der Waals surface area contributed by atoms with Gasteiger partial charge in [-0.25, -0.2) is 0 Å². The molecule has 0 aliphatic heterocycles. The summed E-state index contributed by atoms with van der Waals surface area (Å²) < 4.78 is 0. The number of hydrogen-bond donors (Lipinski definition) is 2. The lowest BCUT2D eigenvalue weighted by molar-refractivity contribution is 0.133. The summed E-state index contributed by atoms with van der Waals surface area (Å²) in [6.07, 6.45) is 1.37. The van der Waals surface area contributed by atoms with Gasteiger partial charge in [0.2, 0.25) is 0 Å². The minimum absolute atomic E-state index is 0.119. The molecule has 0 rings (SSSR count). The van der Waals surface area contributed by atoms with Crippen LogP contribution in [0.1, 0.15) is 33.6 Å². The van der Waals surface area contributed by atoms with Crippen LogP contribution in [0.4, 0.5) is 0 Å². The number of rotatable bonds is 4. The molecule has 0 radical (unpaired) electrons. The molecular formula is C8H19NO. The molecule has 0 saturated heterocycles. The van der Waals surface area contributed by atoms with Gasteiger partial charge >= 0.3 is 0 Å². The molecule has 10 heavy (non-hydrogen) atoms. The zero-order valence-corrected chi connectivity index (χ0v) is 7.17. The third kappa shape index (κ3) is 6.05. The standard InChI is InChI=1S/C8H19NO/c1-6(2)4-8(10)5-7(3)9/h6-8,10H,4-5,9H2,1-3H3. The second-order valence-corrected chi connectivity index (χ2v) is 3.50. The first kappa shape index (κ1) is 9.92. The predicted octanol–water partition coefficient (Wildman–Crippen LogP) is 1.13. The first-order valence-corrected chi connectivity index (χ1v) is 3.96. The fourth-order valence-corrected chi connectivity index (χ4v) is 1.07. The van der Waals surface area contributed by atoms with E-state index >= 15 is 0 Å². The van der Waals surface area contributed by atoms with Gasteiger partial charge in [0.1, 0.15) is 0 Å². The van der Waals surface area contributed by atoms with Crippen molar-refractivity contribution in [2.75, 3.05) is 0 Å². The first-order valence-electron chi connectivity index (χ1n) is 3.96. The lowest BCUT2D eigenvalue weighted by atomic mass is 10.0. The predicted molar refractivity (Wildman–Crippen MR) is 43.7 cm³/mol. The van der Waals surface area contributed by atoms with Gasteiger partial charge < -0.3 is 10.8 Å². The van der Waals surface area contributed by atoms with Crippen molar-refractivity contribution in [2.45, 2.75) is 45.8 Å². The maximum Gasteiger partial charge on any atom is 0.0557 e. The SMILES string of the molecule is CC(C)CC(O)CC(C)N. The van der Waals surface area contributed by atoms with E-state index in [2.05, 4.69) is 13.8 Å². The Hall–Kier alpha value is -0.0800. The van der Waals surface area contributed by atoms with Crippen molar-refractivity contribution in [3.05, 3.63) is 0 Å². The largest absolute Gasteiger partial charge is 0.393 e. The molecule has 0 aromatic heterocycles. The average Bonchev–Trinajstić information content (AvgIpc) is 1.58. The fraction of sp³-hybridized carbons (Fsp3) is 1.00. The maximum absolute atomic E-state index is 9.31. The van der Waals surface area contributed by atoms with Crippen molar-refractivity contribution in [2.24, 2.45) is 11.7 Å². The van der Waals surface area contributed by atoms with E-state index in [1.54, 1.807) is 0 Å². The van der Waals surface area contributed by atoms with Gasteiger partial charge in [0.15, 0.2) is 0 Å². The molecule has 0 bridgehead atoms. The number of aliphatic hydroxyl groups excluding tert-OH is 1. The van der Waals surface area contributed by atoms with Gasteiger partial charge in [0, 0.05) is 6.04 Å². The maximum atomic E-state index is 9.31. The van der Waals surface area contributed by atoms with Crippen molar-refractivity contribution in [1.29, 1.82) is 0 Å². The van der Waals surface area contributed by atoms with Gasteiger partial charge in [-0.2, -0.15) is 0 Å². The van der Waals surface area contributed by atoms with Crippen LogP contribution in [0.2, 0.25) is 0 Å². The van der Waals surface area contributed by atoms with E-state index in [4.69, 9.17) is 5.73 Å². The highest BCUT2D eigenvalue weighted by Gasteiger charge is 2.08. The normalized spacial score (nSPS) is 17.4. The van der Waals surface area contributed by atoms with Gasteiger partial charge in [-0.15, -0.1) is 0 Å². The van der Waals surface area contributed by atoms with Crippen LogP contribution in [0.5, 0.6) is 0 Å². The molecule has 0 aliphatic rings. The van der Waals surface area contributed by atoms with Crippen molar-refractivity contribution in [3.63, 3.8) is 0 Å². The third-order valence-corrected chi connectivity index (χ3v) is 1.39. The average molecular weight is 145 g/mol. The number of hydrogen-bond acceptors (Lipinski definition) is 2. The molecule has 0 heterocycles. The molecule has 0 aromatic rings. The summed E-state index contributed by atoms with van der Waals surface area (Å²) in [5.74, 6) is 0.564. The van der Waals surface area contributed by atoms with E-state index in [9.17, 15) is 5.11 Å². The van der Waals surface area contributed by atoms with Gasteiger partial charge in [-0.05, 0) is 25.7 Å². The Morgan fingerprint density at radius 3 is 2.00 bits per heavy atom. The molecule has 2 heteroatoms. The summed E-state index contributed by atoms with van der Waals surface area (Å²) in [6, 6.07) is 0.119.